The Labute approximate surface area is 107 Å². The molecule has 0 aromatic heterocycles. The van der Waals surface area contributed by atoms with Crippen LogP contribution in [0.4, 0.5) is 0 Å². The van der Waals surface area contributed by atoms with Crippen LogP contribution in [0, 0.1) is 0 Å². The molecule has 0 aliphatic rings. The summed E-state index contributed by atoms with van der Waals surface area (Å²) in [7, 11) is 3.53. The van der Waals surface area contributed by atoms with E-state index in [0.29, 0.717) is 18.1 Å². The van der Waals surface area contributed by atoms with Crippen molar-refractivity contribution in [2.45, 2.75) is 6.54 Å². The van der Waals surface area contributed by atoms with E-state index in [1.807, 2.05) is 24.3 Å². The van der Waals surface area contributed by atoms with Crippen LogP contribution in [0.3, 0.4) is 0 Å². The smallest absolute Gasteiger partial charge is 0.236 e. The molecule has 0 aliphatic heterocycles. The van der Waals surface area contributed by atoms with E-state index in [4.69, 9.17) is 11.6 Å². The highest BCUT2D eigenvalue weighted by Gasteiger charge is 2.07. The average molecular weight is 263 g/mol. The van der Waals surface area contributed by atoms with Gasteiger partial charge in [0.2, 0.25) is 5.91 Å². The maximum absolute atomic E-state index is 11.5. The van der Waals surface area contributed by atoms with Crippen molar-refractivity contribution >= 4 is 29.9 Å². The molecular formula is C11H16Cl2N2O. The standard InChI is InChI=1S/C11H15ClN2O.ClH/c1-13-7-11(15)14(2)8-9-4-3-5-10(12)6-9;/h3-6,13H,7-8H2,1-2H3;1H. The van der Waals surface area contributed by atoms with Crippen LogP contribution >= 0.6 is 24.0 Å². The highest BCUT2D eigenvalue weighted by Crippen LogP contribution is 2.11. The number of nitrogens with zero attached hydrogens (tertiary/aromatic N) is 1. The molecule has 0 radical (unpaired) electrons. The van der Waals surface area contributed by atoms with E-state index < -0.39 is 0 Å². The third-order valence-electron chi connectivity index (χ3n) is 2.06. The summed E-state index contributed by atoms with van der Waals surface area (Å²) in [6.45, 7) is 0.943. The lowest BCUT2D eigenvalue weighted by Crippen LogP contribution is -2.33. The fraction of sp³-hybridized carbons (Fsp3) is 0.364. The molecule has 0 fully saturated rings. The summed E-state index contributed by atoms with van der Waals surface area (Å²) in [5, 5.41) is 3.52. The van der Waals surface area contributed by atoms with E-state index in [2.05, 4.69) is 5.32 Å². The van der Waals surface area contributed by atoms with Gasteiger partial charge < -0.3 is 10.2 Å². The van der Waals surface area contributed by atoms with E-state index in [1.54, 1.807) is 19.0 Å². The first-order valence-electron chi connectivity index (χ1n) is 4.76. The molecule has 5 heteroatoms. The third kappa shape index (κ3) is 4.84. The number of amides is 1. The lowest BCUT2D eigenvalue weighted by molar-refractivity contribution is -0.129. The Morgan fingerprint density at radius 2 is 2.19 bits per heavy atom. The van der Waals surface area contributed by atoms with E-state index in [9.17, 15) is 4.79 Å². The predicted octanol–water partition coefficient (Wildman–Crippen LogP) is 1.94. The van der Waals surface area contributed by atoms with Crippen LogP contribution in [0.1, 0.15) is 5.56 Å². The van der Waals surface area contributed by atoms with Crippen LogP contribution in [0.15, 0.2) is 24.3 Å². The summed E-state index contributed by atoms with van der Waals surface area (Å²) in [4.78, 5) is 13.1. The molecule has 0 bridgehead atoms. The van der Waals surface area contributed by atoms with Crippen molar-refractivity contribution in [3.05, 3.63) is 34.9 Å². The van der Waals surface area contributed by atoms with Crippen molar-refractivity contribution < 1.29 is 4.79 Å². The predicted molar refractivity (Wildman–Crippen MR) is 69.1 cm³/mol. The van der Waals surface area contributed by atoms with Crippen LogP contribution in [-0.4, -0.2) is 31.4 Å². The Bertz CT molecular complexity index is 345. The Hall–Kier alpha value is -0.770. The maximum Gasteiger partial charge on any atom is 0.236 e. The number of carbonyl (C=O) groups excluding carboxylic acids is 1. The number of carbonyl (C=O) groups is 1. The zero-order valence-electron chi connectivity index (χ0n) is 9.37. The minimum atomic E-state index is 0. The van der Waals surface area contributed by atoms with E-state index in [-0.39, 0.29) is 18.3 Å². The quantitative estimate of drug-likeness (QED) is 0.900. The van der Waals surface area contributed by atoms with E-state index in [0.717, 1.165) is 5.56 Å². The number of benzene rings is 1. The van der Waals surface area contributed by atoms with Gasteiger partial charge in [0, 0.05) is 18.6 Å². The molecule has 16 heavy (non-hydrogen) atoms. The maximum atomic E-state index is 11.5. The normalized spacial score (nSPS) is 9.44. The molecule has 1 N–H and O–H groups in total. The fourth-order valence-corrected chi connectivity index (χ4v) is 1.50. The van der Waals surface area contributed by atoms with Crippen molar-refractivity contribution in [1.82, 2.24) is 10.2 Å². The van der Waals surface area contributed by atoms with Crippen molar-refractivity contribution in [1.29, 1.82) is 0 Å². The van der Waals surface area contributed by atoms with E-state index in [1.165, 1.54) is 0 Å². The average Bonchev–Trinajstić information content (AvgIpc) is 2.18. The number of rotatable bonds is 4. The van der Waals surface area contributed by atoms with Gasteiger partial charge in [-0.15, -0.1) is 12.4 Å². The summed E-state index contributed by atoms with van der Waals surface area (Å²) >= 11 is 5.85. The van der Waals surface area contributed by atoms with Gasteiger partial charge in [-0.3, -0.25) is 4.79 Å². The van der Waals surface area contributed by atoms with Gasteiger partial charge in [-0.25, -0.2) is 0 Å². The highest BCUT2D eigenvalue weighted by molar-refractivity contribution is 6.30. The molecule has 1 amide bonds. The minimum absolute atomic E-state index is 0. The van der Waals surface area contributed by atoms with Crippen LogP contribution in [0.25, 0.3) is 0 Å². The van der Waals surface area contributed by atoms with E-state index >= 15 is 0 Å². The second kappa shape index (κ2) is 7.49. The first kappa shape index (κ1) is 15.2. The molecular weight excluding hydrogens is 247 g/mol. The van der Waals surface area contributed by atoms with Crippen LogP contribution in [-0.2, 0) is 11.3 Å². The van der Waals surface area contributed by atoms with Crippen molar-refractivity contribution in [2.75, 3.05) is 20.6 Å². The molecule has 0 heterocycles. The lowest BCUT2D eigenvalue weighted by Gasteiger charge is -2.17. The highest BCUT2D eigenvalue weighted by atomic mass is 35.5. The zero-order valence-corrected chi connectivity index (χ0v) is 10.9. The van der Waals surface area contributed by atoms with Gasteiger partial charge in [0.1, 0.15) is 0 Å². The molecule has 0 aliphatic carbocycles. The Morgan fingerprint density at radius 3 is 2.75 bits per heavy atom. The van der Waals surface area contributed by atoms with Crippen molar-refractivity contribution in [2.24, 2.45) is 0 Å². The van der Waals surface area contributed by atoms with Gasteiger partial charge in [0.25, 0.3) is 0 Å². The Balaban J connectivity index is 0.00000225. The van der Waals surface area contributed by atoms with Gasteiger partial charge in [-0.05, 0) is 24.7 Å². The zero-order chi connectivity index (χ0) is 11.3. The Kier molecular flexibility index (Phi) is 7.13. The number of hydrogen-bond donors (Lipinski definition) is 1. The second-order valence-corrected chi connectivity index (χ2v) is 3.85. The molecule has 90 valence electrons. The summed E-state index contributed by atoms with van der Waals surface area (Å²) < 4.78 is 0. The SMILES string of the molecule is CNCC(=O)N(C)Cc1cccc(Cl)c1.Cl. The molecule has 0 unspecified atom stereocenters. The molecule has 0 spiro atoms. The fourth-order valence-electron chi connectivity index (χ4n) is 1.28. The molecule has 0 atom stereocenters. The number of halogens is 2. The van der Waals surface area contributed by atoms with Crippen molar-refractivity contribution in [3.63, 3.8) is 0 Å². The monoisotopic (exact) mass is 262 g/mol. The van der Waals surface area contributed by atoms with Crippen molar-refractivity contribution in [3.8, 4) is 0 Å². The molecule has 0 saturated carbocycles. The van der Waals surface area contributed by atoms with Gasteiger partial charge in [0.15, 0.2) is 0 Å². The number of nitrogens with one attached hydrogen (secondary N) is 1. The Morgan fingerprint density at radius 1 is 1.50 bits per heavy atom. The number of likely N-dealkylation sites (N-methyl/N-ethyl adjacent to an activating group) is 2. The summed E-state index contributed by atoms with van der Waals surface area (Å²) in [5.74, 6) is 0.0671. The number of hydrogen-bond acceptors (Lipinski definition) is 2. The third-order valence-corrected chi connectivity index (χ3v) is 2.30. The summed E-state index contributed by atoms with van der Waals surface area (Å²) in [5.41, 5.74) is 1.04. The molecule has 0 saturated heterocycles. The van der Waals surface area contributed by atoms with Gasteiger partial charge in [-0.1, -0.05) is 23.7 Å². The van der Waals surface area contributed by atoms with Crippen LogP contribution in [0.2, 0.25) is 5.02 Å². The topological polar surface area (TPSA) is 32.3 Å². The second-order valence-electron chi connectivity index (χ2n) is 3.41. The van der Waals surface area contributed by atoms with Gasteiger partial charge in [0.05, 0.1) is 6.54 Å². The first-order valence-corrected chi connectivity index (χ1v) is 5.14. The van der Waals surface area contributed by atoms with Gasteiger partial charge in [-0.2, -0.15) is 0 Å². The summed E-state index contributed by atoms with van der Waals surface area (Å²) in [6, 6.07) is 7.52. The minimum Gasteiger partial charge on any atom is -0.340 e. The largest absolute Gasteiger partial charge is 0.340 e. The molecule has 1 aromatic rings. The molecule has 1 rings (SSSR count). The molecule has 1 aromatic carbocycles. The molecule has 3 nitrogen and oxygen atoms in total. The van der Waals surface area contributed by atoms with Crippen LogP contribution in [0.5, 0.6) is 0 Å². The first-order chi connectivity index (χ1) is 7.13. The lowest BCUT2D eigenvalue weighted by atomic mass is 10.2. The van der Waals surface area contributed by atoms with Gasteiger partial charge >= 0.3 is 0 Å². The van der Waals surface area contributed by atoms with Crippen LogP contribution < -0.4 is 5.32 Å². The summed E-state index contributed by atoms with van der Waals surface area (Å²) in [6.07, 6.45) is 0.